The van der Waals surface area contributed by atoms with Crippen molar-refractivity contribution in [2.45, 2.75) is 12.5 Å². The highest BCUT2D eigenvalue weighted by molar-refractivity contribution is 5.99. The predicted molar refractivity (Wildman–Crippen MR) is 72.0 cm³/mol. The van der Waals surface area contributed by atoms with Crippen LogP contribution in [0.5, 0.6) is 0 Å². The molecular weight excluding hydrogens is 260 g/mol. The van der Waals surface area contributed by atoms with E-state index in [1.165, 1.54) is 6.20 Å². The first-order valence-corrected chi connectivity index (χ1v) is 5.94. The van der Waals surface area contributed by atoms with Crippen LogP contribution in [-0.4, -0.2) is 33.2 Å². The van der Waals surface area contributed by atoms with Crippen LogP contribution in [0.25, 0.3) is 0 Å². The largest absolute Gasteiger partial charge is 0.480 e. The van der Waals surface area contributed by atoms with Crippen molar-refractivity contribution < 1.29 is 14.7 Å². The SMILES string of the molecule is Nc1[nH]ncc1C(=O)NC(Cc1ccccc1)C(=O)O. The molecular formula is C13H14N4O3. The molecule has 0 aliphatic carbocycles. The van der Waals surface area contributed by atoms with Gasteiger partial charge >= 0.3 is 5.97 Å². The lowest BCUT2D eigenvalue weighted by molar-refractivity contribution is -0.139. The van der Waals surface area contributed by atoms with E-state index in [9.17, 15) is 14.7 Å². The molecule has 7 heteroatoms. The van der Waals surface area contributed by atoms with Crippen LogP contribution >= 0.6 is 0 Å². The molecule has 20 heavy (non-hydrogen) atoms. The van der Waals surface area contributed by atoms with Gasteiger partial charge in [0.2, 0.25) is 0 Å². The first kappa shape index (κ1) is 13.6. The third kappa shape index (κ3) is 3.14. The standard InChI is InChI=1S/C13H14N4O3/c14-11-9(7-15-17-11)12(18)16-10(13(19)20)6-8-4-2-1-3-5-8/h1-5,7,10H,6H2,(H,16,18)(H,19,20)(H3,14,15,17). The summed E-state index contributed by atoms with van der Waals surface area (Å²) < 4.78 is 0. The minimum Gasteiger partial charge on any atom is -0.480 e. The molecule has 1 atom stereocenters. The predicted octanol–water partition coefficient (Wildman–Crippen LogP) is 0.418. The molecule has 2 aromatic rings. The molecule has 0 radical (unpaired) electrons. The number of H-pyrrole nitrogens is 1. The van der Waals surface area contributed by atoms with E-state index >= 15 is 0 Å². The molecule has 0 aliphatic rings. The van der Waals surface area contributed by atoms with Gasteiger partial charge in [-0.15, -0.1) is 0 Å². The Hall–Kier alpha value is -2.83. The maximum absolute atomic E-state index is 11.9. The number of benzene rings is 1. The number of hydrogen-bond donors (Lipinski definition) is 4. The molecule has 0 aliphatic heterocycles. The number of anilines is 1. The quantitative estimate of drug-likeness (QED) is 0.629. The number of nitrogen functional groups attached to an aromatic ring is 1. The van der Waals surface area contributed by atoms with Gasteiger partial charge in [0.25, 0.3) is 5.91 Å². The summed E-state index contributed by atoms with van der Waals surface area (Å²) in [6, 6.07) is 8.03. The van der Waals surface area contributed by atoms with E-state index in [2.05, 4.69) is 15.5 Å². The number of nitrogens with two attached hydrogens (primary N) is 1. The second kappa shape index (κ2) is 5.87. The van der Waals surface area contributed by atoms with Crippen molar-refractivity contribution in [1.82, 2.24) is 15.5 Å². The Morgan fingerprint density at radius 2 is 2.05 bits per heavy atom. The van der Waals surface area contributed by atoms with Crippen LogP contribution in [-0.2, 0) is 11.2 Å². The van der Waals surface area contributed by atoms with E-state index in [1.807, 2.05) is 18.2 Å². The molecule has 1 unspecified atom stereocenters. The van der Waals surface area contributed by atoms with Crippen LogP contribution < -0.4 is 11.1 Å². The maximum atomic E-state index is 11.9. The van der Waals surface area contributed by atoms with Crippen LogP contribution in [0, 0.1) is 0 Å². The molecule has 104 valence electrons. The number of rotatable bonds is 5. The van der Waals surface area contributed by atoms with Gasteiger partial charge in [0, 0.05) is 6.42 Å². The molecule has 1 aromatic heterocycles. The summed E-state index contributed by atoms with van der Waals surface area (Å²) >= 11 is 0. The molecule has 5 N–H and O–H groups in total. The highest BCUT2D eigenvalue weighted by Crippen LogP contribution is 2.08. The summed E-state index contributed by atoms with van der Waals surface area (Å²) in [6.45, 7) is 0. The first-order chi connectivity index (χ1) is 9.58. The summed E-state index contributed by atoms with van der Waals surface area (Å²) in [5, 5.41) is 17.7. The van der Waals surface area contributed by atoms with E-state index in [0.717, 1.165) is 5.56 Å². The van der Waals surface area contributed by atoms with E-state index in [0.29, 0.717) is 0 Å². The molecule has 0 fully saturated rings. The Labute approximate surface area is 114 Å². The van der Waals surface area contributed by atoms with Crippen LogP contribution in [0.1, 0.15) is 15.9 Å². The van der Waals surface area contributed by atoms with Gasteiger partial charge in [-0.05, 0) is 5.56 Å². The van der Waals surface area contributed by atoms with Gasteiger partial charge in [-0.25, -0.2) is 4.79 Å². The summed E-state index contributed by atoms with van der Waals surface area (Å²) in [7, 11) is 0. The number of nitrogens with one attached hydrogen (secondary N) is 2. The summed E-state index contributed by atoms with van der Waals surface area (Å²) in [5.41, 5.74) is 6.47. The molecule has 0 bridgehead atoms. The van der Waals surface area contributed by atoms with Gasteiger partial charge in [-0.1, -0.05) is 30.3 Å². The Morgan fingerprint density at radius 3 is 2.60 bits per heavy atom. The number of carboxylic acids is 1. The van der Waals surface area contributed by atoms with Crippen molar-refractivity contribution in [3.63, 3.8) is 0 Å². The molecule has 0 saturated heterocycles. The number of amides is 1. The fourth-order valence-electron chi connectivity index (χ4n) is 1.76. The van der Waals surface area contributed by atoms with Gasteiger partial charge in [0.15, 0.2) is 0 Å². The Morgan fingerprint density at radius 1 is 1.35 bits per heavy atom. The van der Waals surface area contributed by atoms with Crippen LogP contribution in [0.2, 0.25) is 0 Å². The fraction of sp³-hybridized carbons (Fsp3) is 0.154. The topological polar surface area (TPSA) is 121 Å². The average Bonchev–Trinajstić information content (AvgIpc) is 2.85. The fourth-order valence-corrected chi connectivity index (χ4v) is 1.76. The monoisotopic (exact) mass is 274 g/mol. The van der Waals surface area contributed by atoms with Crippen LogP contribution in [0.15, 0.2) is 36.5 Å². The number of aromatic nitrogens is 2. The van der Waals surface area contributed by atoms with E-state index in [4.69, 9.17) is 5.73 Å². The minimum absolute atomic E-state index is 0.103. The lowest BCUT2D eigenvalue weighted by Gasteiger charge is -2.14. The average molecular weight is 274 g/mol. The molecule has 0 spiro atoms. The number of hydrogen-bond acceptors (Lipinski definition) is 4. The van der Waals surface area contributed by atoms with Gasteiger partial charge in [0.05, 0.1) is 6.20 Å². The van der Waals surface area contributed by atoms with Crippen molar-refractivity contribution in [2.75, 3.05) is 5.73 Å². The normalized spacial score (nSPS) is 11.8. The second-order valence-electron chi connectivity index (χ2n) is 4.25. The molecule has 1 heterocycles. The van der Waals surface area contributed by atoms with Crippen molar-refractivity contribution in [2.24, 2.45) is 0 Å². The lowest BCUT2D eigenvalue weighted by Crippen LogP contribution is -2.42. The number of aliphatic carboxylic acids is 1. The minimum atomic E-state index is -1.11. The number of aromatic amines is 1. The van der Waals surface area contributed by atoms with Crippen molar-refractivity contribution in [3.8, 4) is 0 Å². The summed E-state index contributed by atoms with van der Waals surface area (Å²) in [6.07, 6.45) is 1.45. The van der Waals surface area contributed by atoms with Gasteiger partial charge < -0.3 is 16.2 Å². The van der Waals surface area contributed by atoms with E-state index in [-0.39, 0.29) is 17.8 Å². The molecule has 1 aromatic carbocycles. The van der Waals surface area contributed by atoms with Gasteiger partial charge in [-0.2, -0.15) is 5.10 Å². The first-order valence-electron chi connectivity index (χ1n) is 5.94. The second-order valence-corrected chi connectivity index (χ2v) is 4.25. The molecule has 2 rings (SSSR count). The molecule has 0 saturated carbocycles. The van der Waals surface area contributed by atoms with Crippen molar-refractivity contribution >= 4 is 17.7 Å². The molecule has 1 amide bonds. The number of carbonyl (C=O) groups is 2. The van der Waals surface area contributed by atoms with Crippen LogP contribution in [0.4, 0.5) is 5.82 Å². The Bertz CT molecular complexity index is 609. The van der Waals surface area contributed by atoms with E-state index in [1.54, 1.807) is 12.1 Å². The van der Waals surface area contributed by atoms with Gasteiger partial charge in [-0.3, -0.25) is 9.89 Å². The molecule has 7 nitrogen and oxygen atoms in total. The van der Waals surface area contributed by atoms with Crippen molar-refractivity contribution in [3.05, 3.63) is 47.7 Å². The lowest BCUT2D eigenvalue weighted by atomic mass is 10.1. The van der Waals surface area contributed by atoms with Crippen molar-refractivity contribution in [1.29, 1.82) is 0 Å². The zero-order valence-electron chi connectivity index (χ0n) is 10.5. The maximum Gasteiger partial charge on any atom is 0.326 e. The third-order valence-electron chi connectivity index (χ3n) is 2.80. The smallest absolute Gasteiger partial charge is 0.326 e. The van der Waals surface area contributed by atoms with Gasteiger partial charge in [0.1, 0.15) is 17.4 Å². The number of carboxylic acid groups (broad SMARTS) is 1. The highest BCUT2D eigenvalue weighted by Gasteiger charge is 2.22. The highest BCUT2D eigenvalue weighted by atomic mass is 16.4. The van der Waals surface area contributed by atoms with E-state index < -0.39 is 17.9 Å². The summed E-state index contributed by atoms with van der Waals surface area (Å²) in [4.78, 5) is 23.1. The zero-order chi connectivity index (χ0) is 14.5. The Balaban J connectivity index is 2.09. The summed E-state index contributed by atoms with van der Waals surface area (Å²) in [5.74, 6) is -1.57. The Kier molecular flexibility index (Phi) is 3.99. The number of carbonyl (C=O) groups excluding carboxylic acids is 1. The number of nitrogens with zero attached hydrogens (tertiary/aromatic N) is 1. The van der Waals surface area contributed by atoms with Crippen LogP contribution in [0.3, 0.4) is 0 Å². The zero-order valence-corrected chi connectivity index (χ0v) is 10.5. The third-order valence-corrected chi connectivity index (χ3v) is 2.80.